The van der Waals surface area contributed by atoms with Crippen LogP contribution in [0.4, 0.5) is 0 Å². The van der Waals surface area contributed by atoms with Crippen molar-refractivity contribution in [2.24, 2.45) is 17.3 Å². The Morgan fingerprint density at radius 2 is 2.06 bits per heavy atom. The largest absolute Gasteiger partial charge is 0.342 e. The van der Waals surface area contributed by atoms with Crippen molar-refractivity contribution in [3.8, 4) is 0 Å². The Labute approximate surface area is 110 Å². The summed E-state index contributed by atoms with van der Waals surface area (Å²) < 4.78 is 0. The van der Waals surface area contributed by atoms with E-state index in [1.807, 2.05) is 0 Å². The molecule has 0 radical (unpaired) electrons. The van der Waals surface area contributed by atoms with Crippen LogP contribution < -0.4 is 5.32 Å². The second-order valence-electron chi connectivity index (χ2n) is 7.13. The first kappa shape index (κ1) is 12.5. The third-order valence-corrected chi connectivity index (χ3v) is 5.25. The molecule has 3 heteroatoms. The Balaban J connectivity index is 1.58. The summed E-state index contributed by atoms with van der Waals surface area (Å²) in [6.07, 6.45) is 6.21. The van der Waals surface area contributed by atoms with Crippen LogP contribution in [0.25, 0.3) is 0 Å². The average molecular weight is 250 g/mol. The van der Waals surface area contributed by atoms with Gasteiger partial charge in [0.05, 0.1) is 0 Å². The van der Waals surface area contributed by atoms with Gasteiger partial charge < -0.3 is 10.2 Å². The highest BCUT2D eigenvalue weighted by Crippen LogP contribution is 2.52. The number of nitrogens with one attached hydrogen (secondary N) is 1. The van der Waals surface area contributed by atoms with Crippen molar-refractivity contribution < 1.29 is 4.79 Å². The van der Waals surface area contributed by atoms with Crippen LogP contribution in [0.1, 0.15) is 46.0 Å². The first-order valence-electron chi connectivity index (χ1n) is 7.60. The lowest BCUT2D eigenvalue weighted by molar-refractivity contribution is -0.135. The van der Waals surface area contributed by atoms with E-state index < -0.39 is 0 Å². The van der Waals surface area contributed by atoms with Crippen molar-refractivity contribution >= 4 is 5.91 Å². The molecule has 18 heavy (non-hydrogen) atoms. The first-order chi connectivity index (χ1) is 8.58. The van der Waals surface area contributed by atoms with Crippen LogP contribution in [0.3, 0.4) is 0 Å². The van der Waals surface area contributed by atoms with Crippen LogP contribution in [0, 0.1) is 17.3 Å². The van der Waals surface area contributed by atoms with E-state index in [0.29, 0.717) is 23.8 Å². The number of rotatable bonds is 2. The maximum absolute atomic E-state index is 12.4. The van der Waals surface area contributed by atoms with E-state index in [-0.39, 0.29) is 5.41 Å². The van der Waals surface area contributed by atoms with Crippen molar-refractivity contribution in [1.82, 2.24) is 10.2 Å². The molecule has 0 bridgehead atoms. The third-order valence-electron chi connectivity index (χ3n) is 5.25. The summed E-state index contributed by atoms with van der Waals surface area (Å²) >= 11 is 0. The van der Waals surface area contributed by atoms with Crippen molar-refractivity contribution in [3.05, 3.63) is 0 Å². The van der Waals surface area contributed by atoms with Gasteiger partial charge in [-0.3, -0.25) is 4.79 Å². The molecule has 3 rings (SSSR count). The molecule has 0 aromatic heterocycles. The van der Waals surface area contributed by atoms with Crippen molar-refractivity contribution in [1.29, 1.82) is 0 Å². The number of carbonyl (C=O) groups excluding carboxylic acids is 1. The summed E-state index contributed by atoms with van der Waals surface area (Å²) in [6.45, 7) is 7.60. The lowest BCUT2D eigenvalue weighted by atomic mass is 9.89. The highest BCUT2D eigenvalue weighted by Gasteiger charge is 2.52. The summed E-state index contributed by atoms with van der Waals surface area (Å²) in [6, 6.07) is 0.674. The molecule has 2 heterocycles. The highest BCUT2D eigenvalue weighted by molar-refractivity contribution is 5.82. The monoisotopic (exact) mass is 250 g/mol. The highest BCUT2D eigenvalue weighted by atomic mass is 16.2. The van der Waals surface area contributed by atoms with Crippen molar-refractivity contribution in [2.45, 2.75) is 52.0 Å². The number of amides is 1. The molecular weight excluding hydrogens is 224 g/mol. The van der Waals surface area contributed by atoms with Crippen LogP contribution in [0.5, 0.6) is 0 Å². The second-order valence-corrected chi connectivity index (χ2v) is 7.13. The molecule has 3 atom stereocenters. The van der Waals surface area contributed by atoms with E-state index in [2.05, 4.69) is 24.1 Å². The zero-order valence-corrected chi connectivity index (χ0v) is 11.7. The fourth-order valence-corrected chi connectivity index (χ4v) is 3.76. The van der Waals surface area contributed by atoms with Crippen molar-refractivity contribution in [3.63, 3.8) is 0 Å². The lowest BCUT2D eigenvalue weighted by Gasteiger charge is -2.36. The smallest absolute Gasteiger partial charge is 0.226 e. The molecular formula is C15H26N2O. The Hall–Kier alpha value is -0.570. The van der Waals surface area contributed by atoms with Crippen LogP contribution in [0.15, 0.2) is 0 Å². The Morgan fingerprint density at radius 3 is 2.67 bits per heavy atom. The molecule has 1 N–H and O–H groups in total. The number of carbonyl (C=O) groups is 1. The minimum atomic E-state index is 0.273. The van der Waals surface area contributed by atoms with Gasteiger partial charge in [-0.15, -0.1) is 0 Å². The predicted molar refractivity (Wildman–Crippen MR) is 72.2 cm³/mol. The summed E-state index contributed by atoms with van der Waals surface area (Å²) in [5.41, 5.74) is 0.273. The quantitative estimate of drug-likeness (QED) is 0.813. The maximum Gasteiger partial charge on any atom is 0.226 e. The standard InChI is InChI=1S/C15H26N2O/c1-15(2)9-12(15)14(18)17-8-4-5-11(10-17)13-6-3-7-16-13/h11-13,16H,3-10H2,1-2H3. The third kappa shape index (κ3) is 2.29. The molecule has 3 unspecified atom stereocenters. The normalized spacial score (nSPS) is 38.8. The van der Waals surface area contributed by atoms with Gasteiger partial charge in [-0.25, -0.2) is 0 Å². The molecule has 3 fully saturated rings. The van der Waals surface area contributed by atoms with Gasteiger partial charge in [-0.05, 0) is 50.0 Å². The molecule has 2 saturated heterocycles. The van der Waals surface area contributed by atoms with Gasteiger partial charge in [0.15, 0.2) is 0 Å². The van der Waals surface area contributed by atoms with Crippen LogP contribution in [-0.2, 0) is 4.79 Å². The van der Waals surface area contributed by atoms with Gasteiger partial charge in [0.25, 0.3) is 0 Å². The number of likely N-dealkylation sites (tertiary alicyclic amines) is 1. The molecule has 3 nitrogen and oxygen atoms in total. The molecule has 2 aliphatic heterocycles. The minimum absolute atomic E-state index is 0.273. The van der Waals surface area contributed by atoms with E-state index in [4.69, 9.17) is 0 Å². The van der Waals surface area contributed by atoms with Gasteiger partial charge in [0.2, 0.25) is 5.91 Å². The van der Waals surface area contributed by atoms with Gasteiger partial charge in [-0.1, -0.05) is 13.8 Å². The SMILES string of the molecule is CC1(C)CC1C(=O)N1CCCC(C2CCCN2)C1. The summed E-state index contributed by atoms with van der Waals surface area (Å²) in [7, 11) is 0. The van der Waals surface area contributed by atoms with Gasteiger partial charge in [0.1, 0.15) is 0 Å². The zero-order valence-electron chi connectivity index (χ0n) is 11.7. The Morgan fingerprint density at radius 1 is 1.28 bits per heavy atom. The first-order valence-corrected chi connectivity index (χ1v) is 7.60. The second kappa shape index (κ2) is 4.52. The van der Waals surface area contributed by atoms with Crippen LogP contribution in [-0.4, -0.2) is 36.5 Å². The Kier molecular flexibility index (Phi) is 3.13. The molecule has 1 amide bonds. The van der Waals surface area contributed by atoms with E-state index in [1.54, 1.807) is 0 Å². The molecule has 1 aliphatic carbocycles. The lowest BCUT2D eigenvalue weighted by Crippen LogP contribution is -2.46. The number of nitrogens with zero attached hydrogens (tertiary/aromatic N) is 1. The van der Waals surface area contributed by atoms with E-state index in [9.17, 15) is 4.79 Å². The number of hydrogen-bond donors (Lipinski definition) is 1. The van der Waals surface area contributed by atoms with Gasteiger partial charge in [-0.2, -0.15) is 0 Å². The molecule has 1 saturated carbocycles. The molecule has 102 valence electrons. The van der Waals surface area contributed by atoms with Crippen LogP contribution in [0.2, 0.25) is 0 Å². The van der Waals surface area contributed by atoms with Crippen LogP contribution >= 0.6 is 0 Å². The molecule has 0 aromatic carbocycles. The maximum atomic E-state index is 12.4. The topological polar surface area (TPSA) is 32.3 Å². The van der Waals surface area contributed by atoms with E-state index >= 15 is 0 Å². The number of piperidine rings is 1. The van der Waals surface area contributed by atoms with Gasteiger partial charge in [0, 0.05) is 25.0 Å². The van der Waals surface area contributed by atoms with E-state index in [0.717, 1.165) is 19.5 Å². The zero-order chi connectivity index (χ0) is 12.8. The fraction of sp³-hybridized carbons (Fsp3) is 0.933. The summed E-state index contributed by atoms with van der Waals surface area (Å²) in [5.74, 6) is 1.45. The molecule has 0 aromatic rings. The minimum Gasteiger partial charge on any atom is -0.342 e. The molecule has 0 spiro atoms. The fourth-order valence-electron chi connectivity index (χ4n) is 3.76. The average Bonchev–Trinajstić information content (AvgIpc) is 2.83. The summed E-state index contributed by atoms with van der Waals surface area (Å²) in [5, 5.41) is 3.61. The van der Waals surface area contributed by atoms with Gasteiger partial charge >= 0.3 is 0 Å². The number of hydrogen-bond acceptors (Lipinski definition) is 2. The molecule has 3 aliphatic rings. The Bertz CT molecular complexity index is 333. The summed E-state index contributed by atoms with van der Waals surface area (Å²) in [4.78, 5) is 14.6. The van der Waals surface area contributed by atoms with Crippen molar-refractivity contribution in [2.75, 3.05) is 19.6 Å². The predicted octanol–water partition coefficient (Wildman–Crippen LogP) is 2.02. The van der Waals surface area contributed by atoms with E-state index in [1.165, 1.54) is 32.2 Å².